The lowest BCUT2D eigenvalue weighted by atomic mass is 10.1. The summed E-state index contributed by atoms with van der Waals surface area (Å²) >= 11 is 0. The second-order valence-electron chi connectivity index (χ2n) is 5.95. The number of carbonyl (C=O) groups excluding carboxylic acids is 1. The Labute approximate surface area is 133 Å². The van der Waals surface area contributed by atoms with Gasteiger partial charge in [0.05, 0.1) is 23.8 Å². The summed E-state index contributed by atoms with van der Waals surface area (Å²) in [5, 5.41) is 2.66. The first-order valence-electron chi connectivity index (χ1n) is 7.54. The van der Waals surface area contributed by atoms with Crippen LogP contribution in [0.15, 0.2) is 24.3 Å². The summed E-state index contributed by atoms with van der Waals surface area (Å²) in [6.45, 7) is 6.97. The number of carbonyl (C=O) groups is 1. The summed E-state index contributed by atoms with van der Waals surface area (Å²) in [5.74, 6) is -0.244. The van der Waals surface area contributed by atoms with E-state index in [0.717, 1.165) is 12.1 Å². The number of amides is 1. The van der Waals surface area contributed by atoms with E-state index in [4.69, 9.17) is 4.74 Å². The van der Waals surface area contributed by atoms with Gasteiger partial charge in [-0.25, -0.2) is 0 Å². The number of nitrogens with one attached hydrogen (secondary N) is 1. The van der Waals surface area contributed by atoms with Crippen LogP contribution in [0.1, 0.15) is 26.3 Å². The molecule has 1 aromatic rings. The van der Waals surface area contributed by atoms with Crippen molar-refractivity contribution in [3.8, 4) is 0 Å². The molecule has 1 saturated heterocycles. The minimum atomic E-state index is -4.38. The van der Waals surface area contributed by atoms with Crippen molar-refractivity contribution in [2.24, 2.45) is 0 Å². The Morgan fingerprint density at radius 3 is 2.22 bits per heavy atom. The molecule has 0 radical (unpaired) electrons. The number of morpholine rings is 1. The largest absolute Gasteiger partial charge is 0.416 e. The Balaban J connectivity index is 1.98. The van der Waals surface area contributed by atoms with Crippen LogP contribution >= 0.6 is 0 Å². The Morgan fingerprint density at radius 1 is 1.22 bits per heavy atom. The van der Waals surface area contributed by atoms with Gasteiger partial charge in [0.25, 0.3) is 0 Å². The zero-order chi connectivity index (χ0) is 17.2. The average molecular weight is 330 g/mol. The highest BCUT2D eigenvalue weighted by atomic mass is 19.4. The molecule has 1 aliphatic rings. The van der Waals surface area contributed by atoms with Crippen molar-refractivity contribution in [3.05, 3.63) is 29.8 Å². The maximum atomic E-state index is 12.5. The van der Waals surface area contributed by atoms with Gasteiger partial charge in [0, 0.05) is 18.8 Å². The van der Waals surface area contributed by atoms with Crippen LogP contribution in [0.5, 0.6) is 0 Å². The van der Waals surface area contributed by atoms with E-state index in [1.54, 1.807) is 6.92 Å². The number of rotatable bonds is 3. The number of anilines is 1. The average Bonchev–Trinajstić information content (AvgIpc) is 2.45. The smallest absolute Gasteiger partial charge is 0.373 e. The van der Waals surface area contributed by atoms with Gasteiger partial charge in [-0.3, -0.25) is 9.69 Å². The molecule has 0 aromatic heterocycles. The van der Waals surface area contributed by atoms with Crippen LogP contribution in [0.3, 0.4) is 0 Å². The highest BCUT2D eigenvalue weighted by Gasteiger charge is 2.31. The topological polar surface area (TPSA) is 41.6 Å². The predicted octanol–water partition coefficient (Wildman–Crippen LogP) is 3.14. The number of nitrogens with zero attached hydrogens (tertiary/aromatic N) is 1. The summed E-state index contributed by atoms with van der Waals surface area (Å²) in [7, 11) is 0. The Bertz CT molecular complexity index is 535. The fraction of sp³-hybridized carbons (Fsp3) is 0.562. The van der Waals surface area contributed by atoms with Crippen LogP contribution in [0.4, 0.5) is 18.9 Å². The van der Waals surface area contributed by atoms with Gasteiger partial charge in [0.15, 0.2) is 0 Å². The molecule has 3 atom stereocenters. The van der Waals surface area contributed by atoms with E-state index >= 15 is 0 Å². The van der Waals surface area contributed by atoms with Crippen molar-refractivity contribution in [2.75, 3.05) is 18.4 Å². The summed E-state index contributed by atoms with van der Waals surface area (Å²) in [5.41, 5.74) is -0.386. The first-order chi connectivity index (χ1) is 10.7. The second kappa shape index (κ2) is 6.88. The maximum Gasteiger partial charge on any atom is 0.416 e. The lowest BCUT2D eigenvalue weighted by Gasteiger charge is -2.38. The molecule has 1 N–H and O–H groups in total. The van der Waals surface area contributed by atoms with E-state index in [9.17, 15) is 18.0 Å². The molecule has 0 aliphatic carbocycles. The monoisotopic (exact) mass is 330 g/mol. The van der Waals surface area contributed by atoms with Crippen LogP contribution in [-0.2, 0) is 15.7 Å². The summed E-state index contributed by atoms with van der Waals surface area (Å²) in [6, 6.07) is 4.06. The van der Waals surface area contributed by atoms with Gasteiger partial charge in [-0.05, 0) is 45.0 Å². The highest BCUT2D eigenvalue weighted by molar-refractivity contribution is 5.94. The lowest BCUT2D eigenvalue weighted by molar-refractivity contribution is -0.137. The maximum absolute atomic E-state index is 12.5. The molecule has 0 spiro atoms. The van der Waals surface area contributed by atoms with Crippen molar-refractivity contribution >= 4 is 11.6 Å². The minimum absolute atomic E-state index is 0.0417. The number of hydrogen-bond donors (Lipinski definition) is 1. The zero-order valence-corrected chi connectivity index (χ0v) is 13.4. The normalized spacial score (nSPS) is 24.3. The zero-order valence-electron chi connectivity index (χ0n) is 13.4. The van der Waals surface area contributed by atoms with Gasteiger partial charge < -0.3 is 10.1 Å². The van der Waals surface area contributed by atoms with E-state index in [-0.39, 0.29) is 24.2 Å². The molecular weight excluding hydrogens is 309 g/mol. The number of benzene rings is 1. The van der Waals surface area contributed by atoms with Crippen molar-refractivity contribution in [2.45, 2.75) is 45.2 Å². The fourth-order valence-electron chi connectivity index (χ4n) is 2.69. The van der Waals surface area contributed by atoms with E-state index in [0.29, 0.717) is 18.8 Å². The van der Waals surface area contributed by atoms with Crippen molar-refractivity contribution in [3.63, 3.8) is 0 Å². The van der Waals surface area contributed by atoms with Crippen LogP contribution in [0.2, 0.25) is 0 Å². The molecule has 1 aromatic carbocycles. The molecule has 1 amide bonds. The molecule has 0 unspecified atom stereocenters. The van der Waals surface area contributed by atoms with Gasteiger partial charge in [-0.15, -0.1) is 0 Å². The SMILES string of the molecule is C[C@@H]1CN([C@H](C)C(=O)Nc2ccc(C(F)(F)F)cc2)C[C@H](C)O1. The first-order valence-corrected chi connectivity index (χ1v) is 7.54. The molecular formula is C16H21F3N2O2. The molecule has 128 valence electrons. The van der Waals surface area contributed by atoms with Crippen LogP contribution in [-0.4, -0.2) is 42.1 Å². The molecule has 2 rings (SSSR count). The van der Waals surface area contributed by atoms with Crippen molar-refractivity contribution in [1.29, 1.82) is 0 Å². The van der Waals surface area contributed by atoms with E-state index < -0.39 is 11.7 Å². The standard InChI is InChI=1S/C16H21F3N2O2/c1-10-8-21(9-11(2)23-10)12(3)15(22)20-14-6-4-13(5-7-14)16(17,18)19/h4-7,10-12H,8-9H2,1-3H3,(H,20,22)/t10-,11+,12-/m1/s1. The third kappa shape index (κ3) is 4.68. The summed E-state index contributed by atoms with van der Waals surface area (Å²) in [6.07, 6.45) is -4.30. The van der Waals surface area contributed by atoms with Crippen molar-refractivity contribution < 1.29 is 22.7 Å². The number of alkyl halides is 3. The third-order valence-electron chi connectivity index (χ3n) is 3.85. The number of halogens is 3. The van der Waals surface area contributed by atoms with Crippen molar-refractivity contribution in [1.82, 2.24) is 4.90 Å². The molecule has 1 aliphatic heterocycles. The van der Waals surface area contributed by atoms with Crippen LogP contribution < -0.4 is 5.32 Å². The van der Waals surface area contributed by atoms with Gasteiger partial charge in [-0.2, -0.15) is 13.2 Å². The Kier molecular flexibility index (Phi) is 5.31. The van der Waals surface area contributed by atoms with Gasteiger partial charge in [0.2, 0.25) is 5.91 Å². The third-order valence-corrected chi connectivity index (χ3v) is 3.85. The molecule has 1 heterocycles. The first kappa shape index (κ1) is 17.7. The second-order valence-corrected chi connectivity index (χ2v) is 5.95. The lowest BCUT2D eigenvalue weighted by Crippen LogP contribution is -2.52. The highest BCUT2D eigenvalue weighted by Crippen LogP contribution is 2.29. The van der Waals surface area contributed by atoms with E-state index in [1.807, 2.05) is 18.7 Å². The van der Waals surface area contributed by atoms with Gasteiger partial charge in [0.1, 0.15) is 0 Å². The molecule has 0 bridgehead atoms. The van der Waals surface area contributed by atoms with E-state index in [2.05, 4.69) is 5.32 Å². The Hall–Kier alpha value is -1.60. The molecule has 4 nitrogen and oxygen atoms in total. The summed E-state index contributed by atoms with van der Waals surface area (Å²) in [4.78, 5) is 14.3. The molecule has 0 saturated carbocycles. The quantitative estimate of drug-likeness (QED) is 0.926. The Morgan fingerprint density at radius 2 is 1.74 bits per heavy atom. The predicted molar refractivity (Wildman–Crippen MR) is 81.1 cm³/mol. The minimum Gasteiger partial charge on any atom is -0.373 e. The molecule has 23 heavy (non-hydrogen) atoms. The van der Waals surface area contributed by atoms with Gasteiger partial charge in [-0.1, -0.05) is 0 Å². The molecule has 1 fully saturated rings. The number of ether oxygens (including phenoxy) is 1. The van der Waals surface area contributed by atoms with E-state index in [1.165, 1.54) is 12.1 Å². The fourth-order valence-corrected chi connectivity index (χ4v) is 2.69. The van der Waals surface area contributed by atoms with Crippen LogP contribution in [0.25, 0.3) is 0 Å². The summed E-state index contributed by atoms with van der Waals surface area (Å²) < 4.78 is 43.2. The van der Waals surface area contributed by atoms with Crippen LogP contribution in [0, 0.1) is 0 Å². The molecule has 7 heteroatoms. The number of hydrogen-bond acceptors (Lipinski definition) is 3. The van der Waals surface area contributed by atoms with Gasteiger partial charge >= 0.3 is 6.18 Å².